The van der Waals surface area contributed by atoms with E-state index in [-0.39, 0.29) is 31.9 Å². The number of fused-ring (bicyclic) bond motifs is 3. The van der Waals surface area contributed by atoms with Crippen molar-refractivity contribution >= 4 is 21.9 Å². The molecule has 0 saturated carbocycles. The fourth-order valence-corrected chi connectivity index (χ4v) is 3.79. The van der Waals surface area contributed by atoms with E-state index in [1.807, 2.05) is 48.5 Å². The molecule has 0 unspecified atom stereocenters. The van der Waals surface area contributed by atoms with Crippen LogP contribution >= 0.6 is 0 Å². The summed E-state index contributed by atoms with van der Waals surface area (Å²) < 4.78 is 18.1. The SMILES string of the molecule is CC(C)(C)c1ccnc(Oc2[c-]c3c(cc2)oc2ccc(Oc4cc(C(C)(C)C)ccn4)[c-]c23)c1.[Pt+2]. The maximum atomic E-state index is 6.05. The van der Waals surface area contributed by atoms with E-state index in [1.54, 1.807) is 12.4 Å². The fraction of sp³-hybridized carbons (Fsp3) is 0.267. The fourth-order valence-electron chi connectivity index (χ4n) is 3.79. The van der Waals surface area contributed by atoms with Gasteiger partial charge in [0.1, 0.15) is 0 Å². The molecule has 3 aromatic heterocycles. The maximum absolute atomic E-state index is 6.05. The van der Waals surface area contributed by atoms with Crippen molar-refractivity contribution in [1.29, 1.82) is 0 Å². The van der Waals surface area contributed by atoms with Gasteiger partial charge in [0, 0.05) is 36.0 Å². The first-order valence-corrected chi connectivity index (χ1v) is 11.7. The number of pyridine rings is 2. The van der Waals surface area contributed by atoms with Crippen LogP contribution in [-0.4, -0.2) is 9.97 Å². The summed E-state index contributed by atoms with van der Waals surface area (Å²) >= 11 is 0. The smallest absolute Gasteiger partial charge is 0.564 e. The van der Waals surface area contributed by atoms with Gasteiger partial charge in [-0.1, -0.05) is 53.7 Å². The third-order valence-corrected chi connectivity index (χ3v) is 5.86. The van der Waals surface area contributed by atoms with E-state index in [1.165, 1.54) is 0 Å². The van der Waals surface area contributed by atoms with Gasteiger partial charge in [-0.2, -0.15) is 10.8 Å². The van der Waals surface area contributed by atoms with Crippen molar-refractivity contribution in [3.8, 4) is 23.3 Å². The molecule has 186 valence electrons. The molecule has 0 spiro atoms. The van der Waals surface area contributed by atoms with Crippen LogP contribution in [0.1, 0.15) is 52.7 Å². The van der Waals surface area contributed by atoms with Crippen molar-refractivity contribution in [3.05, 3.63) is 84.2 Å². The average Bonchev–Trinajstić information content (AvgIpc) is 3.16. The van der Waals surface area contributed by atoms with Crippen molar-refractivity contribution in [1.82, 2.24) is 9.97 Å². The van der Waals surface area contributed by atoms with Gasteiger partial charge >= 0.3 is 21.1 Å². The van der Waals surface area contributed by atoms with Gasteiger partial charge in [-0.05, 0) is 45.3 Å². The molecule has 0 radical (unpaired) electrons. The average molecular weight is 660 g/mol. The van der Waals surface area contributed by atoms with Gasteiger partial charge in [-0.3, -0.25) is 0 Å². The molecule has 2 aromatic carbocycles. The van der Waals surface area contributed by atoms with E-state index >= 15 is 0 Å². The Bertz CT molecular complexity index is 1410. The summed E-state index contributed by atoms with van der Waals surface area (Å²) in [6.45, 7) is 13.0. The van der Waals surface area contributed by atoms with Crippen molar-refractivity contribution in [3.63, 3.8) is 0 Å². The largest absolute Gasteiger partial charge is 2.00 e. The second kappa shape index (κ2) is 9.71. The third-order valence-electron chi connectivity index (χ3n) is 5.86. The molecule has 0 bridgehead atoms. The normalized spacial score (nSPS) is 11.9. The number of furan rings is 1. The molecule has 0 fully saturated rings. The first-order chi connectivity index (χ1) is 16.6. The second-order valence-electron chi connectivity index (χ2n) is 10.7. The van der Waals surface area contributed by atoms with E-state index in [9.17, 15) is 0 Å². The van der Waals surface area contributed by atoms with E-state index < -0.39 is 0 Å². The van der Waals surface area contributed by atoms with E-state index in [4.69, 9.17) is 13.9 Å². The molecule has 5 rings (SSSR count). The molecule has 0 aliphatic rings. The van der Waals surface area contributed by atoms with E-state index in [2.05, 4.69) is 63.6 Å². The van der Waals surface area contributed by atoms with Gasteiger partial charge in [0.15, 0.2) is 0 Å². The van der Waals surface area contributed by atoms with Crippen LogP contribution in [0.25, 0.3) is 21.9 Å². The van der Waals surface area contributed by atoms with Gasteiger partial charge in [-0.15, -0.1) is 24.3 Å². The first kappa shape index (κ1) is 25.9. The number of benzene rings is 2. The topological polar surface area (TPSA) is 57.4 Å². The quantitative estimate of drug-likeness (QED) is 0.182. The van der Waals surface area contributed by atoms with E-state index in [0.29, 0.717) is 34.4 Å². The molecule has 0 atom stereocenters. The van der Waals surface area contributed by atoms with Crippen LogP contribution in [0.3, 0.4) is 0 Å². The number of hydrogen-bond acceptors (Lipinski definition) is 5. The Morgan fingerprint density at radius 1 is 0.639 bits per heavy atom. The molecular formula is C30H28N2O3Pt. The zero-order valence-corrected chi connectivity index (χ0v) is 23.5. The first-order valence-electron chi connectivity index (χ1n) is 11.7. The molecule has 0 amide bonds. The summed E-state index contributed by atoms with van der Waals surface area (Å²) in [6.07, 6.45) is 3.53. The number of rotatable bonds is 4. The Labute approximate surface area is 226 Å². The molecule has 0 aliphatic carbocycles. The molecule has 5 nitrogen and oxygen atoms in total. The predicted molar refractivity (Wildman–Crippen MR) is 137 cm³/mol. The number of aromatic nitrogens is 2. The van der Waals surface area contributed by atoms with Crippen molar-refractivity contribution in [2.75, 3.05) is 0 Å². The van der Waals surface area contributed by atoms with Crippen molar-refractivity contribution in [2.45, 2.75) is 52.4 Å². The van der Waals surface area contributed by atoms with Crippen molar-refractivity contribution in [2.24, 2.45) is 0 Å². The van der Waals surface area contributed by atoms with Crippen LogP contribution < -0.4 is 9.47 Å². The van der Waals surface area contributed by atoms with Gasteiger partial charge < -0.3 is 13.9 Å². The van der Waals surface area contributed by atoms with Gasteiger partial charge in [0.2, 0.25) is 11.8 Å². The number of hydrogen-bond donors (Lipinski definition) is 0. The molecule has 0 aliphatic heterocycles. The van der Waals surface area contributed by atoms with Crippen LogP contribution in [0.2, 0.25) is 0 Å². The maximum Gasteiger partial charge on any atom is 2.00 e. The Morgan fingerprint density at radius 2 is 1.06 bits per heavy atom. The number of ether oxygens (including phenoxy) is 2. The Kier molecular flexibility index (Phi) is 6.98. The Morgan fingerprint density at radius 3 is 1.44 bits per heavy atom. The minimum Gasteiger partial charge on any atom is -0.564 e. The zero-order valence-electron chi connectivity index (χ0n) is 21.2. The van der Waals surface area contributed by atoms with Gasteiger partial charge in [-0.25, -0.2) is 9.97 Å². The van der Waals surface area contributed by atoms with Crippen LogP contribution in [0, 0.1) is 12.1 Å². The minimum absolute atomic E-state index is 0. The standard InChI is InChI=1S/C30H28N2O3.Pt/c1-29(2,3)19-11-13-31-27(15-19)33-21-7-9-25-23(17-21)24-18-22(8-10-26(24)35-25)34-28-16-20(12-14-32-28)30(4,5)6;/h7-16H,1-6H3;/q-2;+2. The van der Waals surface area contributed by atoms with Crippen molar-refractivity contribution < 1.29 is 35.0 Å². The monoisotopic (exact) mass is 659 g/mol. The van der Waals surface area contributed by atoms with Crippen LogP contribution in [-0.2, 0) is 31.9 Å². The Hall–Kier alpha value is -3.17. The number of nitrogens with zero attached hydrogens (tertiary/aromatic N) is 2. The van der Waals surface area contributed by atoms with E-state index in [0.717, 1.165) is 21.9 Å². The predicted octanol–water partition coefficient (Wildman–Crippen LogP) is 8.15. The summed E-state index contributed by atoms with van der Waals surface area (Å²) in [7, 11) is 0. The molecule has 36 heavy (non-hydrogen) atoms. The summed E-state index contributed by atoms with van der Waals surface area (Å²) in [5.74, 6) is 2.16. The summed E-state index contributed by atoms with van der Waals surface area (Å²) in [4.78, 5) is 8.73. The van der Waals surface area contributed by atoms with Gasteiger partial charge in [0.05, 0.1) is 0 Å². The molecule has 6 heteroatoms. The molecular weight excluding hydrogens is 631 g/mol. The zero-order chi connectivity index (χ0) is 24.8. The Balaban J connectivity index is 0.00000304. The van der Waals surface area contributed by atoms with Crippen LogP contribution in [0.15, 0.2) is 65.3 Å². The van der Waals surface area contributed by atoms with Gasteiger partial charge in [0.25, 0.3) is 0 Å². The second-order valence-corrected chi connectivity index (χ2v) is 10.7. The minimum atomic E-state index is 0. The summed E-state index contributed by atoms with van der Waals surface area (Å²) in [6, 6.07) is 22.0. The summed E-state index contributed by atoms with van der Waals surface area (Å²) in [5, 5.41) is 1.54. The molecule has 5 aromatic rings. The van der Waals surface area contributed by atoms with Crippen LogP contribution in [0.5, 0.6) is 23.3 Å². The molecule has 0 N–H and O–H groups in total. The van der Waals surface area contributed by atoms with Crippen LogP contribution in [0.4, 0.5) is 0 Å². The molecule has 3 heterocycles. The third kappa shape index (κ3) is 5.47. The summed E-state index contributed by atoms with van der Waals surface area (Å²) in [5.41, 5.74) is 3.70. The molecule has 0 saturated heterocycles.